The first kappa shape index (κ1) is 10.9. The molecule has 0 aromatic carbocycles. The molecule has 2 saturated heterocycles. The summed E-state index contributed by atoms with van der Waals surface area (Å²) in [6, 6.07) is 0. The molecule has 15 heavy (non-hydrogen) atoms. The Labute approximate surface area is 90.2 Å². The minimum absolute atomic E-state index is 0.0500. The van der Waals surface area contributed by atoms with Gasteiger partial charge in [-0.15, -0.1) is 0 Å². The van der Waals surface area contributed by atoms with Crippen LogP contribution in [0.3, 0.4) is 0 Å². The molecule has 2 unspecified atom stereocenters. The SMILES string of the molecule is CC1(C)C(O)CCN1C(=O)C1CCCO1. The summed E-state index contributed by atoms with van der Waals surface area (Å²) in [5, 5.41) is 9.78. The molecule has 0 saturated carbocycles. The van der Waals surface area contributed by atoms with Gasteiger partial charge in [0.15, 0.2) is 0 Å². The molecule has 0 bridgehead atoms. The first-order valence-electron chi connectivity index (χ1n) is 5.64. The lowest BCUT2D eigenvalue weighted by Crippen LogP contribution is -2.51. The van der Waals surface area contributed by atoms with Crippen molar-refractivity contribution in [2.45, 2.75) is 50.9 Å². The van der Waals surface area contributed by atoms with E-state index < -0.39 is 11.6 Å². The van der Waals surface area contributed by atoms with E-state index >= 15 is 0 Å². The quantitative estimate of drug-likeness (QED) is 0.691. The van der Waals surface area contributed by atoms with E-state index in [4.69, 9.17) is 4.74 Å². The normalized spacial score (nSPS) is 34.7. The Bertz CT molecular complexity index is 259. The number of hydrogen-bond acceptors (Lipinski definition) is 3. The van der Waals surface area contributed by atoms with Gasteiger partial charge < -0.3 is 14.7 Å². The molecule has 0 aromatic heterocycles. The fourth-order valence-electron chi connectivity index (χ4n) is 2.41. The third kappa shape index (κ3) is 1.76. The summed E-state index contributed by atoms with van der Waals surface area (Å²) in [5.74, 6) is 0.0500. The minimum Gasteiger partial charge on any atom is -0.391 e. The van der Waals surface area contributed by atoms with E-state index in [0.29, 0.717) is 19.6 Å². The molecule has 1 amide bonds. The predicted molar refractivity (Wildman–Crippen MR) is 55.4 cm³/mol. The van der Waals surface area contributed by atoms with Crippen molar-refractivity contribution in [2.75, 3.05) is 13.2 Å². The second-order valence-electron chi connectivity index (χ2n) is 4.95. The molecular weight excluding hydrogens is 194 g/mol. The van der Waals surface area contributed by atoms with E-state index in [0.717, 1.165) is 12.8 Å². The zero-order valence-electron chi connectivity index (χ0n) is 9.40. The number of carbonyl (C=O) groups is 1. The van der Waals surface area contributed by atoms with Crippen LogP contribution in [0.4, 0.5) is 0 Å². The average Bonchev–Trinajstić information content (AvgIpc) is 2.76. The number of amides is 1. The number of rotatable bonds is 1. The van der Waals surface area contributed by atoms with Gasteiger partial charge in [0.05, 0.1) is 11.6 Å². The van der Waals surface area contributed by atoms with Gasteiger partial charge in [-0.25, -0.2) is 0 Å². The lowest BCUT2D eigenvalue weighted by Gasteiger charge is -2.35. The smallest absolute Gasteiger partial charge is 0.252 e. The summed E-state index contributed by atoms with van der Waals surface area (Å²) < 4.78 is 5.38. The van der Waals surface area contributed by atoms with Gasteiger partial charge in [-0.2, -0.15) is 0 Å². The van der Waals surface area contributed by atoms with Crippen molar-refractivity contribution in [3.05, 3.63) is 0 Å². The summed E-state index contributed by atoms with van der Waals surface area (Å²) in [6.07, 6.45) is 1.78. The monoisotopic (exact) mass is 213 g/mol. The van der Waals surface area contributed by atoms with Crippen LogP contribution in [-0.2, 0) is 9.53 Å². The van der Waals surface area contributed by atoms with E-state index in [1.54, 1.807) is 4.90 Å². The Hall–Kier alpha value is -0.610. The summed E-state index contributed by atoms with van der Waals surface area (Å²) >= 11 is 0. The third-order valence-electron chi connectivity index (χ3n) is 3.61. The number of hydrogen-bond donors (Lipinski definition) is 1. The van der Waals surface area contributed by atoms with Crippen molar-refractivity contribution >= 4 is 5.91 Å². The highest BCUT2D eigenvalue weighted by Gasteiger charge is 2.45. The van der Waals surface area contributed by atoms with Crippen molar-refractivity contribution in [1.29, 1.82) is 0 Å². The number of likely N-dealkylation sites (tertiary alicyclic amines) is 1. The highest BCUT2D eigenvalue weighted by Crippen LogP contribution is 2.30. The van der Waals surface area contributed by atoms with Gasteiger partial charge in [-0.1, -0.05) is 0 Å². The molecule has 0 spiro atoms. The number of aliphatic hydroxyl groups excluding tert-OH is 1. The first-order valence-corrected chi connectivity index (χ1v) is 5.64. The molecule has 4 heteroatoms. The molecule has 0 radical (unpaired) electrons. The maximum Gasteiger partial charge on any atom is 0.252 e. The van der Waals surface area contributed by atoms with Crippen LogP contribution >= 0.6 is 0 Å². The molecule has 2 aliphatic heterocycles. The van der Waals surface area contributed by atoms with Crippen LogP contribution in [0.2, 0.25) is 0 Å². The third-order valence-corrected chi connectivity index (χ3v) is 3.61. The number of nitrogens with zero attached hydrogens (tertiary/aromatic N) is 1. The Morgan fingerprint density at radius 1 is 1.47 bits per heavy atom. The highest BCUT2D eigenvalue weighted by molar-refractivity contribution is 5.82. The molecule has 2 heterocycles. The van der Waals surface area contributed by atoms with Crippen molar-refractivity contribution in [3.63, 3.8) is 0 Å². The van der Waals surface area contributed by atoms with Gasteiger partial charge >= 0.3 is 0 Å². The van der Waals surface area contributed by atoms with E-state index in [1.165, 1.54) is 0 Å². The van der Waals surface area contributed by atoms with E-state index in [-0.39, 0.29) is 12.0 Å². The molecule has 86 valence electrons. The summed E-state index contributed by atoms with van der Waals surface area (Å²) in [5.41, 5.74) is -0.441. The maximum absolute atomic E-state index is 12.1. The van der Waals surface area contributed by atoms with E-state index in [2.05, 4.69) is 0 Å². The molecule has 2 aliphatic rings. The van der Waals surface area contributed by atoms with Crippen molar-refractivity contribution < 1.29 is 14.6 Å². The molecule has 4 nitrogen and oxygen atoms in total. The van der Waals surface area contributed by atoms with Crippen molar-refractivity contribution in [2.24, 2.45) is 0 Å². The minimum atomic E-state index is -0.441. The topological polar surface area (TPSA) is 49.8 Å². The van der Waals surface area contributed by atoms with Gasteiger partial charge in [0.2, 0.25) is 0 Å². The van der Waals surface area contributed by atoms with Crippen molar-refractivity contribution in [1.82, 2.24) is 4.90 Å². The zero-order chi connectivity index (χ0) is 11.1. The summed E-state index contributed by atoms with van der Waals surface area (Å²) in [6.45, 7) is 5.16. The Kier molecular flexibility index (Phi) is 2.73. The molecule has 0 aromatic rings. The first-order chi connectivity index (χ1) is 7.03. The van der Waals surface area contributed by atoms with Crippen LogP contribution in [0.1, 0.15) is 33.1 Å². The van der Waals surface area contributed by atoms with Crippen LogP contribution in [0.5, 0.6) is 0 Å². The highest BCUT2D eigenvalue weighted by atomic mass is 16.5. The fraction of sp³-hybridized carbons (Fsp3) is 0.909. The van der Waals surface area contributed by atoms with E-state index in [9.17, 15) is 9.90 Å². The zero-order valence-corrected chi connectivity index (χ0v) is 9.40. The Balaban J connectivity index is 2.07. The van der Waals surface area contributed by atoms with Crippen LogP contribution in [0, 0.1) is 0 Å². The second kappa shape index (κ2) is 3.76. The molecule has 2 atom stereocenters. The molecular formula is C11H19NO3. The van der Waals surface area contributed by atoms with Crippen LogP contribution in [0.15, 0.2) is 0 Å². The van der Waals surface area contributed by atoms with Gasteiger partial charge in [0.1, 0.15) is 6.10 Å². The maximum atomic E-state index is 12.1. The molecule has 2 fully saturated rings. The standard InChI is InChI=1S/C11H19NO3/c1-11(2)9(13)5-6-12(11)10(14)8-4-3-7-15-8/h8-9,13H,3-7H2,1-2H3. The largest absolute Gasteiger partial charge is 0.391 e. The molecule has 0 aliphatic carbocycles. The van der Waals surface area contributed by atoms with Gasteiger partial charge in [0.25, 0.3) is 5.91 Å². The van der Waals surface area contributed by atoms with Crippen LogP contribution < -0.4 is 0 Å². The van der Waals surface area contributed by atoms with Crippen LogP contribution in [-0.4, -0.2) is 46.8 Å². The predicted octanol–water partition coefficient (Wildman–Crippen LogP) is 0.537. The fourth-order valence-corrected chi connectivity index (χ4v) is 2.41. The number of carbonyl (C=O) groups excluding carboxylic acids is 1. The van der Waals surface area contributed by atoms with Gasteiger partial charge in [0, 0.05) is 13.2 Å². The Morgan fingerprint density at radius 3 is 2.67 bits per heavy atom. The second-order valence-corrected chi connectivity index (χ2v) is 4.95. The van der Waals surface area contributed by atoms with Crippen molar-refractivity contribution in [3.8, 4) is 0 Å². The average molecular weight is 213 g/mol. The molecule has 2 rings (SSSR count). The van der Waals surface area contributed by atoms with Gasteiger partial charge in [-0.3, -0.25) is 4.79 Å². The lowest BCUT2D eigenvalue weighted by atomic mass is 9.98. The Morgan fingerprint density at radius 2 is 2.20 bits per heavy atom. The summed E-state index contributed by atoms with van der Waals surface area (Å²) in [7, 11) is 0. The molecule has 1 N–H and O–H groups in total. The van der Waals surface area contributed by atoms with Gasteiger partial charge in [-0.05, 0) is 33.1 Å². The number of ether oxygens (including phenoxy) is 1. The van der Waals surface area contributed by atoms with E-state index in [1.807, 2.05) is 13.8 Å². The van der Waals surface area contributed by atoms with Crippen LogP contribution in [0.25, 0.3) is 0 Å². The lowest BCUT2D eigenvalue weighted by molar-refractivity contribution is -0.145. The summed E-state index contributed by atoms with van der Waals surface area (Å²) in [4.78, 5) is 13.9. The number of aliphatic hydroxyl groups is 1.